The molecule has 0 unspecified atom stereocenters. The van der Waals surface area contributed by atoms with E-state index in [0.717, 1.165) is 18.8 Å². The van der Waals surface area contributed by atoms with Gasteiger partial charge in [-0.15, -0.1) is 0 Å². The average Bonchev–Trinajstić information content (AvgIpc) is 2.30. The van der Waals surface area contributed by atoms with Crippen molar-refractivity contribution in [3.8, 4) is 0 Å². The number of nitrogens with one attached hydrogen (secondary N) is 1. The quantitative estimate of drug-likeness (QED) is 0.813. The molecule has 2 rings (SSSR count). The van der Waals surface area contributed by atoms with Crippen LogP contribution < -0.4 is 11.1 Å². The Morgan fingerprint density at radius 2 is 1.94 bits per heavy atom. The van der Waals surface area contributed by atoms with E-state index >= 15 is 0 Å². The van der Waals surface area contributed by atoms with Crippen LogP contribution in [0.5, 0.6) is 0 Å². The maximum Gasteiger partial charge on any atom is 0.221 e. The molecule has 1 aromatic heterocycles. The third-order valence-corrected chi connectivity index (χ3v) is 2.24. The van der Waals surface area contributed by atoms with Gasteiger partial charge in [-0.1, -0.05) is 30.3 Å². The summed E-state index contributed by atoms with van der Waals surface area (Å²) in [6.07, 6.45) is 2.61. The van der Waals surface area contributed by atoms with Gasteiger partial charge in [-0.2, -0.15) is 4.98 Å². The molecule has 0 saturated heterocycles. The van der Waals surface area contributed by atoms with E-state index in [0.29, 0.717) is 5.95 Å². The van der Waals surface area contributed by atoms with Crippen molar-refractivity contribution in [2.75, 3.05) is 17.6 Å². The van der Waals surface area contributed by atoms with E-state index in [4.69, 9.17) is 5.73 Å². The predicted octanol–water partition coefficient (Wildman–Crippen LogP) is 1.71. The fourth-order valence-corrected chi connectivity index (χ4v) is 1.45. The predicted molar refractivity (Wildman–Crippen MR) is 65.1 cm³/mol. The second kappa shape index (κ2) is 5.11. The van der Waals surface area contributed by atoms with Crippen LogP contribution in [-0.2, 0) is 6.42 Å². The van der Waals surface area contributed by atoms with Crippen molar-refractivity contribution in [3.05, 3.63) is 48.2 Å². The summed E-state index contributed by atoms with van der Waals surface area (Å²) in [6, 6.07) is 12.1. The number of rotatable bonds is 4. The van der Waals surface area contributed by atoms with Gasteiger partial charge in [-0.05, 0) is 18.1 Å². The number of hydrogen-bond donors (Lipinski definition) is 2. The van der Waals surface area contributed by atoms with Crippen LogP contribution in [0, 0.1) is 0 Å². The summed E-state index contributed by atoms with van der Waals surface area (Å²) in [7, 11) is 0. The molecule has 0 aliphatic carbocycles. The Balaban J connectivity index is 1.85. The van der Waals surface area contributed by atoms with Crippen molar-refractivity contribution in [3.63, 3.8) is 0 Å². The van der Waals surface area contributed by atoms with Gasteiger partial charge >= 0.3 is 0 Å². The summed E-state index contributed by atoms with van der Waals surface area (Å²) in [4.78, 5) is 7.89. The van der Waals surface area contributed by atoms with E-state index in [1.54, 1.807) is 12.3 Å². The second-order valence-electron chi connectivity index (χ2n) is 3.46. The van der Waals surface area contributed by atoms with Crippen LogP contribution >= 0.6 is 0 Å². The summed E-state index contributed by atoms with van der Waals surface area (Å²) in [5, 5.41) is 3.20. The molecule has 0 aliphatic rings. The summed E-state index contributed by atoms with van der Waals surface area (Å²) in [5.74, 6) is 1.06. The molecule has 4 nitrogen and oxygen atoms in total. The number of nitrogen functional groups attached to an aromatic ring is 1. The average molecular weight is 214 g/mol. The molecule has 0 bridgehead atoms. The summed E-state index contributed by atoms with van der Waals surface area (Å²) in [6.45, 7) is 0.834. The number of nitrogens with two attached hydrogens (primary N) is 1. The Kier molecular flexibility index (Phi) is 3.33. The molecule has 0 aliphatic heterocycles. The molecule has 0 fully saturated rings. The van der Waals surface area contributed by atoms with Crippen LogP contribution in [0.3, 0.4) is 0 Å². The highest BCUT2D eigenvalue weighted by atomic mass is 15.1. The first-order valence-corrected chi connectivity index (χ1v) is 5.21. The fraction of sp³-hybridized carbons (Fsp3) is 0.167. The normalized spacial score (nSPS) is 10.0. The van der Waals surface area contributed by atoms with E-state index in [2.05, 4.69) is 27.4 Å². The van der Waals surface area contributed by atoms with E-state index in [9.17, 15) is 0 Å². The minimum Gasteiger partial charge on any atom is -0.370 e. The first kappa shape index (κ1) is 10.4. The molecule has 3 N–H and O–H groups in total. The summed E-state index contributed by atoms with van der Waals surface area (Å²) >= 11 is 0. The van der Waals surface area contributed by atoms with Crippen molar-refractivity contribution >= 4 is 11.8 Å². The van der Waals surface area contributed by atoms with E-state index < -0.39 is 0 Å². The van der Waals surface area contributed by atoms with Gasteiger partial charge in [-0.3, -0.25) is 0 Å². The van der Waals surface area contributed by atoms with E-state index in [1.807, 2.05) is 18.2 Å². The number of aromatic nitrogens is 2. The van der Waals surface area contributed by atoms with E-state index in [-0.39, 0.29) is 0 Å². The van der Waals surface area contributed by atoms with Crippen LogP contribution in [0.2, 0.25) is 0 Å². The third-order valence-electron chi connectivity index (χ3n) is 2.24. The standard InChI is InChI=1S/C12H14N4/c13-12-15-9-7-11(16-12)14-8-6-10-4-2-1-3-5-10/h1-5,7,9H,6,8H2,(H3,13,14,15,16). The Hall–Kier alpha value is -2.10. The van der Waals surface area contributed by atoms with Crippen LogP contribution in [0.15, 0.2) is 42.6 Å². The summed E-state index contributed by atoms with van der Waals surface area (Å²) in [5.41, 5.74) is 6.78. The van der Waals surface area contributed by atoms with Crippen molar-refractivity contribution in [1.29, 1.82) is 0 Å². The SMILES string of the molecule is Nc1nccc(NCCc2ccccc2)n1. The van der Waals surface area contributed by atoms with Crippen molar-refractivity contribution in [2.24, 2.45) is 0 Å². The lowest BCUT2D eigenvalue weighted by molar-refractivity contribution is 1.00. The van der Waals surface area contributed by atoms with Gasteiger partial charge in [0.15, 0.2) is 0 Å². The Bertz CT molecular complexity index is 442. The van der Waals surface area contributed by atoms with E-state index in [1.165, 1.54) is 5.56 Å². The number of nitrogens with zero attached hydrogens (tertiary/aromatic N) is 2. The van der Waals surface area contributed by atoms with Gasteiger partial charge in [0.05, 0.1) is 0 Å². The minimum atomic E-state index is 0.296. The molecule has 16 heavy (non-hydrogen) atoms. The lowest BCUT2D eigenvalue weighted by Gasteiger charge is -2.05. The highest BCUT2D eigenvalue weighted by Gasteiger charge is 1.95. The van der Waals surface area contributed by atoms with Gasteiger partial charge in [-0.25, -0.2) is 4.98 Å². The minimum absolute atomic E-state index is 0.296. The molecule has 0 amide bonds. The van der Waals surface area contributed by atoms with Crippen molar-refractivity contribution in [1.82, 2.24) is 9.97 Å². The van der Waals surface area contributed by atoms with Crippen LogP contribution in [0.1, 0.15) is 5.56 Å². The lowest BCUT2D eigenvalue weighted by atomic mass is 10.1. The zero-order valence-corrected chi connectivity index (χ0v) is 8.93. The fourth-order valence-electron chi connectivity index (χ4n) is 1.45. The Labute approximate surface area is 94.5 Å². The highest BCUT2D eigenvalue weighted by Crippen LogP contribution is 2.04. The van der Waals surface area contributed by atoms with Crippen LogP contribution in [0.4, 0.5) is 11.8 Å². The zero-order valence-electron chi connectivity index (χ0n) is 8.93. The van der Waals surface area contributed by atoms with Gasteiger partial charge in [0, 0.05) is 12.7 Å². The van der Waals surface area contributed by atoms with Gasteiger partial charge in [0.25, 0.3) is 0 Å². The monoisotopic (exact) mass is 214 g/mol. The molecule has 2 aromatic rings. The van der Waals surface area contributed by atoms with Gasteiger partial charge < -0.3 is 11.1 Å². The molecular formula is C12H14N4. The molecule has 1 aromatic carbocycles. The van der Waals surface area contributed by atoms with Gasteiger partial charge in [0.2, 0.25) is 5.95 Å². The topological polar surface area (TPSA) is 63.8 Å². The van der Waals surface area contributed by atoms with Crippen LogP contribution in [-0.4, -0.2) is 16.5 Å². The van der Waals surface area contributed by atoms with Crippen molar-refractivity contribution < 1.29 is 0 Å². The largest absolute Gasteiger partial charge is 0.370 e. The first-order valence-electron chi connectivity index (χ1n) is 5.21. The molecule has 0 atom stereocenters. The molecule has 0 radical (unpaired) electrons. The smallest absolute Gasteiger partial charge is 0.221 e. The van der Waals surface area contributed by atoms with Crippen LogP contribution in [0.25, 0.3) is 0 Å². The molecule has 82 valence electrons. The van der Waals surface area contributed by atoms with Crippen molar-refractivity contribution in [2.45, 2.75) is 6.42 Å². The highest BCUT2D eigenvalue weighted by molar-refractivity contribution is 5.37. The third kappa shape index (κ3) is 2.95. The Morgan fingerprint density at radius 1 is 1.12 bits per heavy atom. The molecule has 0 spiro atoms. The zero-order chi connectivity index (χ0) is 11.2. The molecule has 1 heterocycles. The summed E-state index contributed by atoms with van der Waals surface area (Å²) < 4.78 is 0. The maximum atomic E-state index is 5.48. The molecular weight excluding hydrogens is 200 g/mol. The lowest BCUT2D eigenvalue weighted by Crippen LogP contribution is -2.07. The molecule has 0 saturated carbocycles. The molecule has 4 heteroatoms. The first-order chi connectivity index (χ1) is 7.84. The Morgan fingerprint density at radius 3 is 2.69 bits per heavy atom. The maximum absolute atomic E-state index is 5.48. The van der Waals surface area contributed by atoms with Gasteiger partial charge in [0.1, 0.15) is 5.82 Å². The second-order valence-corrected chi connectivity index (χ2v) is 3.46. The number of benzene rings is 1. The number of hydrogen-bond acceptors (Lipinski definition) is 4. The number of anilines is 2.